The van der Waals surface area contributed by atoms with E-state index in [0.717, 1.165) is 43.4 Å². The molecule has 0 saturated heterocycles. The second-order valence-corrected chi connectivity index (χ2v) is 20.4. The third kappa shape index (κ3) is 36.2. The third-order valence-electron chi connectivity index (χ3n) is 8.83. The van der Waals surface area contributed by atoms with Crippen molar-refractivity contribution in [1.82, 2.24) is 0 Å². The van der Waals surface area contributed by atoms with Crippen molar-refractivity contribution in [3.05, 3.63) is 166 Å². The number of rotatable bonds is 22. The number of aromatic hydroxyl groups is 2. The minimum absolute atomic E-state index is 0.0240. The quantitative estimate of drug-likeness (QED) is 0.0248. The molecule has 19 heteroatoms. The van der Waals surface area contributed by atoms with Gasteiger partial charge in [0.25, 0.3) is 25.9 Å². The first kappa shape index (κ1) is 63.6. The molecule has 15 nitrogen and oxygen atoms in total. The fraction of sp³-hybridized carbons (Fsp3) is 0.300. The monoisotopic (exact) mass is 1030 g/mol. The van der Waals surface area contributed by atoms with Gasteiger partial charge in [0.2, 0.25) is 0 Å². The Morgan fingerprint density at radius 2 is 0.710 bits per heavy atom. The highest BCUT2D eigenvalue weighted by molar-refractivity contribution is 7.34. The number of carbonyl (C=O) groups excluding carboxylic acids is 6. The molecular formula is C50H67N3O12P4. The Bertz CT molecular complexity index is 1870. The summed E-state index contributed by atoms with van der Waals surface area (Å²) in [5, 5.41) is 18.1. The molecule has 8 atom stereocenters. The molecule has 0 spiro atoms. The smallest absolute Gasteiger partial charge is 0.373 e. The predicted octanol–water partition coefficient (Wildman–Crippen LogP) is 8.27. The average molecular weight is 1030 g/mol. The summed E-state index contributed by atoms with van der Waals surface area (Å²) in [5.74, 6) is 0.231. The van der Waals surface area contributed by atoms with E-state index in [9.17, 15) is 19.2 Å². The van der Waals surface area contributed by atoms with Gasteiger partial charge in [0.1, 0.15) is 11.5 Å². The number of hydrogen-bond donors (Lipinski definition) is 5. The number of hydrogen-bond acceptors (Lipinski definition) is 15. The second-order valence-electron chi connectivity index (χ2n) is 15.1. The molecule has 0 fully saturated rings. The van der Waals surface area contributed by atoms with Crippen LogP contribution in [-0.4, -0.2) is 71.7 Å². The van der Waals surface area contributed by atoms with Gasteiger partial charge < -0.3 is 45.5 Å². The molecule has 0 heterocycles. The van der Waals surface area contributed by atoms with E-state index in [-0.39, 0.29) is 64.4 Å². The number of nitrogens with two attached hydrogens (primary N) is 3. The summed E-state index contributed by atoms with van der Waals surface area (Å²) in [6.07, 6.45) is 4.43. The molecular weight excluding hydrogens is 958 g/mol. The van der Waals surface area contributed by atoms with Gasteiger partial charge in [-0.05, 0) is 112 Å². The van der Waals surface area contributed by atoms with Gasteiger partial charge in [-0.15, -0.1) is 0 Å². The Morgan fingerprint density at radius 3 is 0.986 bits per heavy atom. The number of phenols is 2. The highest BCUT2D eigenvalue weighted by atomic mass is 31.1. The minimum Gasteiger partial charge on any atom is -0.508 e. The summed E-state index contributed by atoms with van der Waals surface area (Å²) >= 11 is 0. The van der Waals surface area contributed by atoms with Crippen LogP contribution in [0.15, 0.2) is 121 Å². The van der Waals surface area contributed by atoms with Gasteiger partial charge in [-0.25, -0.2) is 0 Å². The SMILES string of the molecule is CC(Cc1ccc(O)cc1)POC=O.Cc1ccc(CC(C)POC=O)cc1.Cc1ccc(CC(N)POC=O)cc1.Cc1ccc(CCN)cc1.NC(Cc1ccc(O)cc1)POC=O.O=C=O. The largest absolute Gasteiger partial charge is 0.508 e. The van der Waals surface area contributed by atoms with Crippen molar-refractivity contribution in [2.24, 2.45) is 17.2 Å². The van der Waals surface area contributed by atoms with Crippen molar-refractivity contribution in [3.8, 4) is 11.5 Å². The van der Waals surface area contributed by atoms with Gasteiger partial charge in [0.15, 0.2) is 0 Å². The standard InChI is InChI=1S/C11H15O2P.C10H14NO2P.C10H13O3P.C9H12NO3P.C9H13N.CO2/c1-9-3-5-11(6-4-9)7-10(2)14-13-8-12;1-8-2-4-9(5-3-8)6-10(11)14-13-7-12;1-8(14-13-7-11)6-9-2-4-10(12)5-3-9;10-9(14-13-6-11)5-7-1-3-8(12)4-2-7;1-8-2-4-9(5-3-8)6-7-10;2-1-3/h3-6,8,10,14H,7H2,1-2H3;2-5,7,10,14H,6,11H2,1H3;2-5,7-8,12,14H,6H2,1H3;1-4,6,9,12,14H,5,10H2;2-5H,6-7,10H2,1H3;. The Labute approximate surface area is 413 Å². The van der Waals surface area contributed by atoms with Gasteiger partial charge >= 0.3 is 6.15 Å². The molecule has 374 valence electrons. The predicted molar refractivity (Wildman–Crippen MR) is 279 cm³/mol. The Kier molecular flexibility index (Phi) is 38.3. The second kappa shape index (κ2) is 41.5. The highest BCUT2D eigenvalue weighted by Gasteiger charge is 2.07. The lowest BCUT2D eigenvalue weighted by atomic mass is 10.1. The van der Waals surface area contributed by atoms with Crippen molar-refractivity contribution >= 4 is 67.3 Å². The highest BCUT2D eigenvalue weighted by Crippen LogP contribution is 2.24. The lowest BCUT2D eigenvalue weighted by molar-refractivity contribution is -0.191. The van der Waals surface area contributed by atoms with Gasteiger partial charge in [-0.2, -0.15) is 9.59 Å². The van der Waals surface area contributed by atoms with Crippen molar-refractivity contribution in [1.29, 1.82) is 0 Å². The molecule has 8 unspecified atom stereocenters. The molecule has 5 rings (SSSR count). The van der Waals surface area contributed by atoms with E-state index < -0.39 is 0 Å². The minimum atomic E-state index is -0.176. The molecule has 5 aromatic carbocycles. The molecule has 8 N–H and O–H groups in total. The molecule has 0 aliphatic rings. The lowest BCUT2D eigenvalue weighted by Crippen LogP contribution is -2.17. The van der Waals surface area contributed by atoms with Crippen LogP contribution in [0.4, 0.5) is 0 Å². The van der Waals surface area contributed by atoms with Crippen LogP contribution in [0.2, 0.25) is 0 Å². The molecule has 0 aliphatic carbocycles. The first-order valence-electron chi connectivity index (χ1n) is 21.4. The first-order chi connectivity index (χ1) is 33.1. The molecule has 0 bridgehead atoms. The summed E-state index contributed by atoms with van der Waals surface area (Å²) in [6, 6.07) is 39.0. The zero-order valence-corrected chi connectivity index (χ0v) is 43.6. The van der Waals surface area contributed by atoms with Crippen molar-refractivity contribution < 1.29 is 57.1 Å². The molecule has 0 aromatic heterocycles. The zero-order valence-electron chi connectivity index (χ0n) is 39.6. The molecule has 0 radical (unpaired) electrons. The van der Waals surface area contributed by atoms with Crippen LogP contribution in [-0.2, 0) is 79.0 Å². The van der Waals surface area contributed by atoms with Crippen LogP contribution in [0.25, 0.3) is 0 Å². The maximum atomic E-state index is 9.99. The van der Waals surface area contributed by atoms with E-state index in [1.807, 2.05) is 50.2 Å². The van der Waals surface area contributed by atoms with Gasteiger partial charge in [-0.3, -0.25) is 19.2 Å². The third-order valence-corrected chi connectivity index (χ3v) is 12.0. The molecule has 0 aliphatic heterocycles. The molecule has 0 amide bonds. The maximum Gasteiger partial charge on any atom is 0.373 e. The zero-order chi connectivity index (χ0) is 51.7. The van der Waals surface area contributed by atoms with Gasteiger partial charge in [0.05, 0.1) is 46.8 Å². The van der Waals surface area contributed by atoms with Crippen LogP contribution in [0, 0.1) is 20.8 Å². The number of aryl methyl sites for hydroxylation is 3. The van der Waals surface area contributed by atoms with Crippen molar-refractivity contribution in [2.45, 2.75) is 89.6 Å². The molecule has 69 heavy (non-hydrogen) atoms. The number of carbonyl (C=O) groups is 4. The van der Waals surface area contributed by atoms with E-state index in [1.54, 1.807) is 36.4 Å². The summed E-state index contributed by atoms with van der Waals surface area (Å²) in [4.78, 5) is 56.0. The molecule has 5 aromatic rings. The normalized spacial score (nSPS) is 12.1. The van der Waals surface area contributed by atoms with E-state index in [4.69, 9.17) is 41.5 Å². The van der Waals surface area contributed by atoms with E-state index >= 15 is 0 Å². The van der Waals surface area contributed by atoms with Crippen LogP contribution in [0.3, 0.4) is 0 Å². The summed E-state index contributed by atoms with van der Waals surface area (Å²) in [5.41, 5.74) is 27.3. The van der Waals surface area contributed by atoms with E-state index in [1.165, 1.54) is 33.4 Å². The van der Waals surface area contributed by atoms with E-state index in [0.29, 0.717) is 43.6 Å². The summed E-state index contributed by atoms with van der Waals surface area (Å²) < 4.78 is 18.6. The van der Waals surface area contributed by atoms with Gasteiger partial charge in [0, 0.05) is 11.3 Å². The fourth-order valence-corrected chi connectivity index (χ4v) is 7.85. The fourth-order valence-electron chi connectivity index (χ4n) is 5.53. The van der Waals surface area contributed by atoms with Crippen LogP contribution >= 0.6 is 35.2 Å². The summed E-state index contributed by atoms with van der Waals surface area (Å²) in [6.45, 7) is 12.9. The number of phenolic OH excluding ortho intramolecular Hbond substituents is 2. The Hall–Kier alpha value is -5.44. The van der Waals surface area contributed by atoms with E-state index in [2.05, 4.69) is 82.9 Å². The Morgan fingerprint density at radius 1 is 0.464 bits per heavy atom. The van der Waals surface area contributed by atoms with Crippen LogP contribution < -0.4 is 17.2 Å². The van der Waals surface area contributed by atoms with Crippen LogP contribution in [0.5, 0.6) is 11.5 Å². The van der Waals surface area contributed by atoms with Gasteiger partial charge in [-0.1, -0.05) is 128 Å². The summed E-state index contributed by atoms with van der Waals surface area (Å²) in [7, 11) is 0.474. The average Bonchev–Trinajstić information content (AvgIpc) is 3.34. The first-order valence-corrected chi connectivity index (χ1v) is 25.4. The maximum absolute atomic E-state index is 9.99. The van der Waals surface area contributed by atoms with Crippen molar-refractivity contribution in [2.75, 3.05) is 6.54 Å². The van der Waals surface area contributed by atoms with Crippen LogP contribution in [0.1, 0.15) is 58.4 Å². The lowest BCUT2D eigenvalue weighted by Gasteiger charge is -2.09. The topological polar surface area (TPSA) is 258 Å². The van der Waals surface area contributed by atoms with Crippen molar-refractivity contribution in [3.63, 3.8) is 0 Å². The Balaban J connectivity index is 0.000000828. The number of benzene rings is 5. The molecule has 0 saturated carbocycles.